The number of nitrogens with zero attached hydrogens (tertiary/aromatic N) is 3. The summed E-state index contributed by atoms with van der Waals surface area (Å²) in [7, 11) is 1.31. The van der Waals surface area contributed by atoms with Crippen molar-refractivity contribution in [3.63, 3.8) is 0 Å². The van der Waals surface area contributed by atoms with E-state index in [1.807, 2.05) is 0 Å². The minimum absolute atomic E-state index is 0.225. The maximum atomic E-state index is 12.3. The molecule has 0 bridgehead atoms. The van der Waals surface area contributed by atoms with Gasteiger partial charge in [-0.1, -0.05) is 29.5 Å². The number of methoxy groups -OCH3 is 1. The number of hydrogen-bond donors (Lipinski definition) is 1. The fraction of sp³-hybridized carbons (Fsp3) is 0.167. The molecule has 26 heavy (non-hydrogen) atoms. The lowest BCUT2D eigenvalue weighted by molar-refractivity contribution is -0.122. The summed E-state index contributed by atoms with van der Waals surface area (Å²) in [6, 6.07) is 13.5. The fourth-order valence-corrected chi connectivity index (χ4v) is 2.40. The van der Waals surface area contributed by atoms with Gasteiger partial charge in [0, 0.05) is 6.54 Å². The van der Waals surface area contributed by atoms with E-state index >= 15 is 0 Å². The van der Waals surface area contributed by atoms with Crippen molar-refractivity contribution in [3.05, 3.63) is 70.0 Å². The third kappa shape index (κ3) is 3.75. The van der Waals surface area contributed by atoms with Crippen LogP contribution in [0.3, 0.4) is 0 Å². The summed E-state index contributed by atoms with van der Waals surface area (Å²) in [6.07, 6.45) is 0. The molecule has 0 atom stereocenters. The molecule has 1 aromatic heterocycles. The van der Waals surface area contributed by atoms with E-state index in [1.165, 1.54) is 7.11 Å². The maximum Gasteiger partial charge on any atom is 0.337 e. The molecule has 0 aliphatic rings. The molecule has 0 fully saturated rings. The molecule has 8 nitrogen and oxygen atoms in total. The Hall–Kier alpha value is -3.55. The molecule has 2 aromatic carbocycles. The number of carbonyl (C=O) groups excluding carboxylic acids is 2. The average Bonchev–Trinajstić information content (AvgIpc) is 2.68. The normalized spacial score (nSPS) is 10.5. The first-order valence-corrected chi connectivity index (χ1v) is 7.85. The van der Waals surface area contributed by atoms with Crippen molar-refractivity contribution < 1.29 is 14.3 Å². The van der Waals surface area contributed by atoms with Crippen LogP contribution in [-0.4, -0.2) is 34.0 Å². The molecule has 0 saturated carbocycles. The lowest BCUT2D eigenvalue weighted by Gasteiger charge is -2.07. The fourth-order valence-electron chi connectivity index (χ4n) is 2.40. The Bertz CT molecular complexity index is 1010. The molecule has 0 radical (unpaired) electrons. The first-order chi connectivity index (χ1) is 12.6. The number of aromatic nitrogens is 3. The van der Waals surface area contributed by atoms with E-state index in [9.17, 15) is 14.4 Å². The van der Waals surface area contributed by atoms with Crippen molar-refractivity contribution in [1.29, 1.82) is 0 Å². The maximum absolute atomic E-state index is 12.3. The number of esters is 1. The van der Waals surface area contributed by atoms with Crippen LogP contribution < -0.4 is 10.9 Å². The third-order valence-electron chi connectivity index (χ3n) is 3.79. The van der Waals surface area contributed by atoms with Crippen LogP contribution in [-0.2, 0) is 22.6 Å². The van der Waals surface area contributed by atoms with Crippen molar-refractivity contribution in [1.82, 2.24) is 20.3 Å². The summed E-state index contributed by atoms with van der Waals surface area (Å²) >= 11 is 0. The van der Waals surface area contributed by atoms with E-state index in [1.54, 1.807) is 48.5 Å². The Morgan fingerprint density at radius 2 is 1.85 bits per heavy atom. The summed E-state index contributed by atoms with van der Waals surface area (Å²) in [5, 5.41) is 10.8. The van der Waals surface area contributed by atoms with Crippen molar-refractivity contribution in [2.45, 2.75) is 13.1 Å². The van der Waals surface area contributed by atoms with Crippen molar-refractivity contribution >= 4 is 22.8 Å². The molecular weight excluding hydrogens is 336 g/mol. The molecular formula is C18H16N4O4. The molecule has 0 aliphatic heterocycles. The zero-order valence-electron chi connectivity index (χ0n) is 14.0. The summed E-state index contributed by atoms with van der Waals surface area (Å²) in [5.41, 5.74) is 1.36. The molecule has 3 rings (SSSR count). The van der Waals surface area contributed by atoms with Crippen LogP contribution in [0.5, 0.6) is 0 Å². The molecule has 0 spiro atoms. The smallest absolute Gasteiger partial charge is 0.337 e. The van der Waals surface area contributed by atoms with E-state index < -0.39 is 5.97 Å². The Kier molecular flexibility index (Phi) is 5.02. The minimum atomic E-state index is -0.421. The zero-order chi connectivity index (χ0) is 18.5. The van der Waals surface area contributed by atoms with Crippen LogP contribution >= 0.6 is 0 Å². The van der Waals surface area contributed by atoms with Gasteiger partial charge in [0.2, 0.25) is 5.91 Å². The first kappa shape index (κ1) is 17.3. The molecule has 1 heterocycles. The zero-order valence-corrected chi connectivity index (χ0v) is 14.0. The van der Waals surface area contributed by atoms with Crippen LogP contribution in [0.15, 0.2) is 53.3 Å². The Balaban J connectivity index is 1.63. The number of hydrogen-bond acceptors (Lipinski definition) is 6. The second-order valence-corrected chi connectivity index (χ2v) is 5.53. The summed E-state index contributed by atoms with van der Waals surface area (Å²) in [5.74, 6) is -0.788. The quantitative estimate of drug-likeness (QED) is 0.684. The van der Waals surface area contributed by atoms with E-state index in [0.29, 0.717) is 16.5 Å². The first-order valence-electron chi connectivity index (χ1n) is 7.85. The van der Waals surface area contributed by atoms with Gasteiger partial charge in [0.15, 0.2) is 0 Å². The van der Waals surface area contributed by atoms with Crippen LogP contribution in [0.25, 0.3) is 10.9 Å². The van der Waals surface area contributed by atoms with Gasteiger partial charge in [0.25, 0.3) is 5.56 Å². The molecule has 132 valence electrons. The van der Waals surface area contributed by atoms with Crippen molar-refractivity contribution in [2.75, 3.05) is 7.11 Å². The number of fused-ring (bicyclic) bond motifs is 1. The van der Waals surface area contributed by atoms with Gasteiger partial charge < -0.3 is 10.1 Å². The molecule has 0 saturated heterocycles. The molecule has 1 N–H and O–H groups in total. The van der Waals surface area contributed by atoms with E-state index in [2.05, 4.69) is 20.4 Å². The van der Waals surface area contributed by atoms with Gasteiger partial charge in [0.05, 0.1) is 18.1 Å². The predicted octanol–water partition coefficient (Wildman–Crippen LogP) is 0.894. The summed E-state index contributed by atoms with van der Waals surface area (Å²) in [4.78, 5) is 35.8. The van der Waals surface area contributed by atoms with E-state index in [0.717, 1.165) is 10.2 Å². The largest absolute Gasteiger partial charge is 0.465 e. The number of nitrogens with one attached hydrogen (secondary N) is 1. The van der Waals surface area contributed by atoms with E-state index in [-0.39, 0.29) is 24.6 Å². The van der Waals surface area contributed by atoms with Crippen LogP contribution in [0.1, 0.15) is 15.9 Å². The van der Waals surface area contributed by atoms with Gasteiger partial charge in [-0.2, -0.15) is 0 Å². The topological polar surface area (TPSA) is 103 Å². The average molecular weight is 352 g/mol. The molecule has 3 aromatic rings. The Labute approximate surface area is 148 Å². The van der Waals surface area contributed by atoms with Crippen molar-refractivity contribution in [3.8, 4) is 0 Å². The highest BCUT2D eigenvalue weighted by Crippen LogP contribution is 2.06. The molecule has 0 unspecified atom stereocenters. The lowest BCUT2D eigenvalue weighted by atomic mass is 10.1. The second kappa shape index (κ2) is 7.56. The highest BCUT2D eigenvalue weighted by Gasteiger charge is 2.10. The predicted molar refractivity (Wildman–Crippen MR) is 93.4 cm³/mol. The molecule has 8 heteroatoms. The minimum Gasteiger partial charge on any atom is -0.465 e. The third-order valence-corrected chi connectivity index (χ3v) is 3.79. The number of rotatable bonds is 5. The Morgan fingerprint density at radius 3 is 2.58 bits per heavy atom. The summed E-state index contributed by atoms with van der Waals surface area (Å²) in [6.45, 7) is 0.0347. The number of amides is 1. The van der Waals surface area contributed by atoms with Gasteiger partial charge in [-0.3, -0.25) is 9.59 Å². The van der Waals surface area contributed by atoms with Gasteiger partial charge in [-0.05, 0) is 29.8 Å². The molecule has 1 amide bonds. The van der Waals surface area contributed by atoms with Gasteiger partial charge in [-0.25, -0.2) is 9.48 Å². The summed E-state index contributed by atoms with van der Waals surface area (Å²) < 4.78 is 5.65. The SMILES string of the molecule is COC(=O)c1ccc(CNC(=O)Cn2nnc3ccccc3c2=O)cc1. The van der Waals surface area contributed by atoms with Crippen molar-refractivity contribution in [2.24, 2.45) is 0 Å². The van der Waals surface area contributed by atoms with Crippen LogP contribution in [0.4, 0.5) is 0 Å². The van der Waals surface area contributed by atoms with Crippen LogP contribution in [0.2, 0.25) is 0 Å². The highest BCUT2D eigenvalue weighted by molar-refractivity contribution is 5.89. The lowest BCUT2D eigenvalue weighted by Crippen LogP contribution is -2.34. The van der Waals surface area contributed by atoms with Gasteiger partial charge in [0.1, 0.15) is 12.1 Å². The standard InChI is InChI=1S/C18H16N4O4/c1-26-18(25)13-8-6-12(7-9-13)10-19-16(23)11-22-17(24)14-4-2-3-5-15(14)20-21-22/h2-9H,10-11H2,1H3,(H,19,23). The van der Waals surface area contributed by atoms with Gasteiger partial charge in [-0.15, -0.1) is 5.10 Å². The second-order valence-electron chi connectivity index (χ2n) is 5.53. The van der Waals surface area contributed by atoms with Crippen LogP contribution in [0, 0.1) is 0 Å². The molecule has 0 aliphatic carbocycles. The number of ether oxygens (including phenoxy) is 1. The number of benzene rings is 2. The Morgan fingerprint density at radius 1 is 1.12 bits per heavy atom. The van der Waals surface area contributed by atoms with Gasteiger partial charge >= 0.3 is 5.97 Å². The highest BCUT2D eigenvalue weighted by atomic mass is 16.5. The number of carbonyl (C=O) groups is 2. The van der Waals surface area contributed by atoms with E-state index in [4.69, 9.17) is 0 Å². The monoisotopic (exact) mass is 352 g/mol.